The van der Waals surface area contributed by atoms with Crippen molar-refractivity contribution in [1.82, 2.24) is 4.98 Å². The number of anilines is 1. The van der Waals surface area contributed by atoms with Crippen molar-refractivity contribution in [3.05, 3.63) is 28.1 Å². The number of alkyl halides is 6. The topological polar surface area (TPSA) is 68.1 Å². The van der Waals surface area contributed by atoms with Gasteiger partial charge in [-0.1, -0.05) is 0 Å². The van der Waals surface area contributed by atoms with Crippen LogP contribution < -0.4 is 5.32 Å². The lowest BCUT2D eigenvalue weighted by Crippen LogP contribution is -2.38. The van der Waals surface area contributed by atoms with E-state index in [2.05, 4.69) is 4.98 Å². The minimum atomic E-state index is -4.92. The number of nitro groups is 1. The van der Waals surface area contributed by atoms with Crippen molar-refractivity contribution in [3.63, 3.8) is 0 Å². The molecular weight excluding hydrogens is 308 g/mol. The first-order valence-electron chi connectivity index (χ1n) is 5.53. The van der Waals surface area contributed by atoms with Crippen LogP contribution in [0.4, 0.5) is 37.7 Å². The van der Waals surface area contributed by atoms with E-state index in [0.717, 1.165) is 0 Å². The van der Waals surface area contributed by atoms with E-state index < -0.39 is 39.9 Å². The van der Waals surface area contributed by atoms with Crippen LogP contribution in [0.15, 0.2) is 12.3 Å². The zero-order valence-electron chi connectivity index (χ0n) is 10.0. The van der Waals surface area contributed by atoms with Crippen molar-refractivity contribution < 1.29 is 31.3 Å². The van der Waals surface area contributed by atoms with Gasteiger partial charge in [0.2, 0.25) is 0 Å². The summed E-state index contributed by atoms with van der Waals surface area (Å²) in [7, 11) is 0. The van der Waals surface area contributed by atoms with Crippen molar-refractivity contribution >= 4 is 11.4 Å². The fourth-order valence-electron chi connectivity index (χ4n) is 1.71. The summed E-state index contributed by atoms with van der Waals surface area (Å²) in [5.41, 5.74) is -5.72. The van der Waals surface area contributed by atoms with E-state index in [0.29, 0.717) is 0 Å². The average Bonchev–Trinajstić information content (AvgIpc) is 3.07. The van der Waals surface area contributed by atoms with Crippen molar-refractivity contribution in [3.8, 4) is 0 Å². The Kier molecular flexibility index (Phi) is 3.26. The molecule has 1 aliphatic rings. The van der Waals surface area contributed by atoms with Gasteiger partial charge in [-0.3, -0.25) is 10.1 Å². The maximum atomic E-state index is 12.8. The summed E-state index contributed by atoms with van der Waals surface area (Å²) in [5, 5.41) is 12.5. The first-order valence-corrected chi connectivity index (χ1v) is 5.53. The van der Waals surface area contributed by atoms with Gasteiger partial charge in [0.1, 0.15) is 23.1 Å². The van der Waals surface area contributed by atoms with Gasteiger partial charge in [-0.2, -0.15) is 26.3 Å². The molecule has 0 bridgehead atoms. The third-order valence-electron chi connectivity index (χ3n) is 3.04. The van der Waals surface area contributed by atoms with Gasteiger partial charge in [0.05, 0.1) is 4.92 Å². The average molecular weight is 315 g/mol. The molecule has 0 unspecified atom stereocenters. The van der Waals surface area contributed by atoms with Gasteiger partial charge in [-0.25, -0.2) is 4.98 Å². The lowest BCUT2D eigenvalue weighted by molar-refractivity contribution is -0.384. The lowest BCUT2D eigenvalue weighted by atomic mass is 10.2. The molecule has 0 saturated heterocycles. The summed E-state index contributed by atoms with van der Waals surface area (Å²) in [4.78, 5) is 12.5. The zero-order chi connectivity index (χ0) is 16.1. The number of hydrogen-bond donors (Lipinski definition) is 1. The molecule has 0 spiro atoms. The molecule has 1 fully saturated rings. The number of nitrogens with zero attached hydrogens (tertiary/aromatic N) is 2. The Labute approximate surface area is 113 Å². The van der Waals surface area contributed by atoms with Crippen LogP contribution in [0, 0.1) is 10.1 Å². The van der Waals surface area contributed by atoms with Crippen LogP contribution in [0.1, 0.15) is 18.5 Å². The van der Waals surface area contributed by atoms with E-state index in [1.807, 2.05) is 5.32 Å². The fraction of sp³-hybridized carbons (Fsp3) is 0.500. The lowest BCUT2D eigenvalue weighted by Gasteiger charge is -2.22. The molecule has 0 aliphatic heterocycles. The molecule has 116 valence electrons. The predicted molar refractivity (Wildman–Crippen MR) is 57.5 cm³/mol. The summed E-state index contributed by atoms with van der Waals surface area (Å²) in [6, 6.07) is 0.212. The molecule has 1 saturated carbocycles. The number of rotatable bonds is 3. The third kappa shape index (κ3) is 2.85. The van der Waals surface area contributed by atoms with E-state index >= 15 is 0 Å². The monoisotopic (exact) mass is 315 g/mol. The predicted octanol–water partition coefficient (Wildman–Crippen LogP) is 3.52. The largest absolute Gasteiger partial charge is 0.433 e. The van der Waals surface area contributed by atoms with Crippen molar-refractivity contribution in [2.24, 2.45) is 0 Å². The first kappa shape index (κ1) is 15.3. The molecule has 1 aromatic heterocycles. The van der Waals surface area contributed by atoms with E-state index in [1.165, 1.54) is 0 Å². The number of halogens is 6. The van der Waals surface area contributed by atoms with E-state index in [1.54, 1.807) is 0 Å². The SMILES string of the molecule is O=[N+]([O-])c1cnc(C(F)(F)F)cc1NC1(C(F)(F)F)CC1. The first-order chi connectivity index (χ1) is 9.46. The van der Waals surface area contributed by atoms with Crippen LogP contribution in [0.25, 0.3) is 0 Å². The van der Waals surface area contributed by atoms with E-state index in [4.69, 9.17) is 0 Å². The summed E-state index contributed by atoms with van der Waals surface area (Å²) >= 11 is 0. The van der Waals surface area contributed by atoms with Gasteiger partial charge < -0.3 is 5.32 Å². The molecule has 0 amide bonds. The molecule has 1 N–H and O–H groups in total. The highest BCUT2D eigenvalue weighted by molar-refractivity contribution is 5.63. The molecule has 11 heteroatoms. The fourth-order valence-corrected chi connectivity index (χ4v) is 1.71. The summed E-state index contributed by atoms with van der Waals surface area (Å²) in [5.74, 6) is 0. The molecule has 1 aromatic rings. The Morgan fingerprint density at radius 1 is 1.24 bits per heavy atom. The van der Waals surface area contributed by atoms with Crippen LogP contribution in [-0.4, -0.2) is 21.6 Å². The highest BCUT2D eigenvalue weighted by Gasteiger charge is 2.64. The van der Waals surface area contributed by atoms with E-state index in [-0.39, 0.29) is 25.1 Å². The number of pyridine rings is 1. The number of hydrogen-bond acceptors (Lipinski definition) is 4. The maximum absolute atomic E-state index is 12.8. The van der Waals surface area contributed by atoms with Crippen LogP contribution >= 0.6 is 0 Å². The van der Waals surface area contributed by atoms with Gasteiger partial charge in [0.15, 0.2) is 0 Å². The summed E-state index contributed by atoms with van der Waals surface area (Å²) < 4.78 is 75.8. The smallest absolute Gasteiger partial charge is 0.366 e. The number of aromatic nitrogens is 1. The van der Waals surface area contributed by atoms with E-state index in [9.17, 15) is 36.5 Å². The Bertz CT molecular complexity index is 579. The second kappa shape index (κ2) is 4.46. The molecule has 0 radical (unpaired) electrons. The second-order valence-electron chi connectivity index (χ2n) is 4.55. The standard InChI is InChI=1S/C10H7F6N3O2/c11-9(12,13)7-3-5(6(4-17-7)19(20)21)18-8(1-2-8)10(14,15)16/h3-4H,1-2H2,(H,17,18). The van der Waals surface area contributed by atoms with Gasteiger partial charge >= 0.3 is 18.0 Å². The van der Waals surface area contributed by atoms with Gasteiger partial charge in [0.25, 0.3) is 0 Å². The minimum absolute atomic E-state index is 0.212. The Hall–Kier alpha value is -2.07. The molecule has 1 aliphatic carbocycles. The molecule has 1 heterocycles. The van der Waals surface area contributed by atoms with Crippen LogP contribution in [0.5, 0.6) is 0 Å². The van der Waals surface area contributed by atoms with Crippen molar-refractivity contribution in [1.29, 1.82) is 0 Å². The van der Waals surface area contributed by atoms with Crippen LogP contribution in [-0.2, 0) is 6.18 Å². The molecular formula is C10H7F6N3O2. The van der Waals surface area contributed by atoms with Crippen molar-refractivity contribution in [2.75, 3.05) is 5.32 Å². The minimum Gasteiger partial charge on any atom is -0.366 e. The normalized spacial score (nSPS) is 17.4. The summed E-state index contributed by atoms with van der Waals surface area (Å²) in [6.45, 7) is 0. The zero-order valence-corrected chi connectivity index (χ0v) is 10.0. The molecule has 2 rings (SSSR count). The second-order valence-corrected chi connectivity index (χ2v) is 4.55. The molecule has 5 nitrogen and oxygen atoms in total. The molecule has 0 aromatic carbocycles. The maximum Gasteiger partial charge on any atom is 0.433 e. The highest BCUT2D eigenvalue weighted by Crippen LogP contribution is 2.52. The van der Waals surface area contributed by atoms with Crippen LogP contribution in [0.3, 0.4) is 0 Å². The van der Waals surface area contributed by atoms with Crippen LogP contribution in [0.2, 0.25) is 0 Å². The van der Waals surface area contributed by atoms with Crippen molar-refractivity contribution in [2.45, 2.75) is 30.7 Å². The Morgan fingerprint density at radius 2 is 1.81 bits per heavy atom. The van der Waals surface area contributed by atoms with Gasteiger partial charge in [0, 0.05) is 0 Å². The van der Waals surface area contributed by atoms with Gasteiger partial charge in [-0.15, -0.1) is 0 Å². The number of nitrogens with one attached hydrogen (secondary N) is 1. The molecule has 21 heavy (non-hydrogen) atoms. The third-order valence-corrected chi connectivity index (χ3v) is 3.04. The quantitative estimate of drug-likeness (QED) is 0.526. The Balaban J connectivity index is 2.43. The summed E-state index contributed by atoms with van der Waals surface area (Å²) in [6.07, 6.45) is -10.1. The highest BCUT2D eigenvalue weighted by atomic mass is 19.4. The Morgan fingerprint density at radius 3 is 2.19 bits per heavy atom. The van der Waals surface area contributed by atoms with Gasteiger partial charge in [-0.05, 0) is 18.9 Å². The molecule has 0 atom stereocenters.